The smallest absolute Gasteiger partial charge is 0.434 e. The molecule has 0 aromatic carbocycles. The molecule has 0 saturated heterocycles. The lowest BCUT2D eigenvalue weighted by Gasteiger charge is -2.13. The summed E-state index contributed by atoms with van der Waals surface area (Å²) in [6, 6.07) is 0. The SMILES string of the molecule is CCCCCCCCCCC(C)OC(=O)OCCCCBr. The molecule has 0 spiro atoms. The molecule has 0 bridgehead atoms. The summed E-state index contributed by atoms with van der Waals surface area (Å²) in [5.74, 6) is 0. The van der Waals surface area contributed by atoms with E-state index in [1.54, 1.807) is 0 Å². The van der Waals surface area contributed by atoms with E-state index < -0.39 is 6.16 Å². The van der Waals surface area contributed by atoms with Gasteiger partial charge in [0.25, 0.3) is 0 Å². The summed E-state index contributed by atoms with van der Waals surface area (Å²) in [7, 11) is 0. The molecule has 21 heavy (non-hydrogen) atoms. The molecule has 4 heteroatoms. The van der Waals surface area contributed by atoms with Crippen molar-refractivity contribution < 1.29 is 14.3 Å². The maximum absolute atomic E-state index is 11.4. The summed E-state index contributed by atoms with van der Waals surface area (Å²) < 4.78 is 10.2. The van der Waals surface area contributed by atoms with E-state index in [-0.39, 0.29) is 6.10 Å². The van der Waals surface area contributed by atoms with Crippen molar-refractivity contribution in [2.24, 2.45) is 0 Å². The van der Waals surface area contributed by atoms with E-state index in [0.717, 1.165) is 31.0 Å². The minimum absolute atomic E-state index is 0.0335. The molecule has 126 valence electrons. The summed E-state index contributed by atoms with van der Waals surface area (Å²) >= 11 is 3.34. The minimum Gasteiger partial charge on any atom is -0.434 e. The van der Waals surface area contributed by atoms with E-state index in [1.165, 1.54) is 44.9 Å². The maximum Gasteiger partial charge on any atom is 0.508 e. The quantitative estimate of drug-likeness (QED) is 0.208. The third-order valence-corrected chi connectivity index (χ3v) is 4.07. The minimum atomic E-state index is -0.517. The van der Waals surface area contributed by atoms with E-state index in [9.17, 15) is 4.79 Å². The highest BCUT2D eigenvalue weighted by Gasteiger charge is 2.10. The molecule has 0 fully saturated rings. The molecular weight excluding hydrogens is 332 g/mol. The van der Waals surface area contributed by atoms with E-state index >= 15 is 0 Å². The number of rotatable bonds is 14. The van der Waals surface area contributed by atoms with Crippen LogP contribution in [0.15, 0.2) is 0 Å². The first-order chi connectivity index (χ1) is 10.2. The average Bonchev–Trinajstić information content (AvgIpc) is 2.46. The van der Waals surface area contributed by atoms with Crippen LogP contribution in [0.2, 0.25) is 0 Å². The van der Waals surface area contributed by atoms with Gasteiger partial charge in [0.15, 0.2) is 0 Å². The van der Waals surface area contributed by atoms with Crippen molar-refractivity contribution in [1.29, 1.82) is 0 Å². The van der Waals surface area contributed by atoms with Crippen molar-refractivity contribution >= 4 is 22.1 Å². The van der Waals surface area contributed by atoms with Crippen LogP contribution < -0.4 is 0 Å². The van der Waals surface area contributed by atoms with Crippen LogP contribution in [0.25, 0.3) is 0 Å². The van der Waals surface area contributed by atoms with Gasteiger partial charge in [-0.2, -0.15) is 0 Å². The van der Waals surface area contributed by atoms with Gasteiger partial charge in [-0.3, -0.25) is 0 Å². The predicted octanol–water partition coefficient (Wildman–Crippen LogP) is 6.23. The summed E-state index contributed by atoms with van der Waals surface area (Å²) in [5, 5.41) is 0.945. The van der Waals surface area contributed by atoms with Crippen LogP contribution in [0.3, 0.4) is 0 Å². The van der Waals surface area contributed by atoms with E-state index in [1.807, 2.05) is 6.92 Å². The maximum atomic E-state index is 11.4. The molecular formula is C17H33BrO3. The van der Waals surface area contributed by atoms with Crippen molar-refractivity contribution in [3.05, 3.63) is 0 Å². The highest BCUT2D eigenvalue weighted by Crippen LogP contribution is 2.12. The first-order valence-corrected chi connectivity index (χ1v) is 9.72. The van der Waals surface area contributed by atoms with Gasteiger partial charge in [-0.1, -0.05) is 67.8 Å². The van der Waals surface area contributed by atoms with E-state index in [4.69, 9.17) is 9.47 Å². The van der Waals surface area contributed by atoms with Crippen molar-refractivity contribution in [3.8, 4) is 0 Å². The standard InChI is InChI=1S/C17H33BrO3/c1-3-4-5-6-7-8-9-10-13-16(2)21-17(19)20-15-12-11-14-18/h16H,3-15H2,1-2H3. The van der Waals surface area contributed by atoms with Gasteiger partial charge >= 0.3 is 6.16 Å². The van der Waals surface area contributed by atoms with Crippen LogP contribution >= 0.6 is 15.9 Å². The molecule has 1 atom stereocenters. The Morgan fingerprint density at radius 3 is 2.19 bits per heavy atom. The largest absolute Gasteiger partial charge is 0.508 e. The fourth-order valence-electron chi connectivity index (χ4n) is 2.17. The molecule has 0 aromatic heterocycles. The Kier molecular flexibility index (Phi) is 15.9. The Balaban J connectivity index is 3.32. The van der Waals surface area contributed by atoms with Gasteiger partial charge in [0, 0.05) is 5.33 Å². The number of hydrogen-bond donors (Lipinski definition) is 0. The zero-order valence-corrected chi connectivity index (χ0v) is 15.5. The van der Waals surface area contributed by atoms with Crippen molar-refractivity contribution in [2.75, 3.05) is 11.9 Å². The van der Waals surface area contributed by atoms with E-state index in [2.05, 4.69) is 22.9 Å². The molecule has 0 rings (SSSR count). The van der Waals surface area contributed by atoms with Crippen LogP contribution in [0.5, 0.6) is 0 Å². The number of unbranched alkanes of at least 4 members (excludes halogenated alkanes) is 8. The summed E-state index contributed by atoms with van der Waals surface area (Å²) in [4.78, 5) is 11.4. The number of carbonyl (C=O) groups is 1. The van der Waals surface area contributed by atoms with Gasteiger partial charge in [-0.25, -0.2) is 4.79 Å². The van der Waals surface area contributed by atoms with Gasteiger partial charge < -0.3 is 9.47 Å². The Hall–Kier alpha value is -0.250. The molecule has 0 aliphatic rings. The summed E-state index contributed by atoms with van der Waals surface area (Å²) in [6.07, 6.45) is 12.7. The summed E-state index contributed by atoms with van der Waals surface area (Å²) in [5.41, 5.74) is 0. The second kappa shape index (κ2) is 16.1. The Labute approximate surface area is 139 Å². The van der Waals surface area contributed by atoms with Crippen LogP contribution in [0.1, 0.15) is 84.5 Å². The average molecular weight is 365 g/mol. The molecule has 0 amide bonds. The lowest BCUT2D eigenvalue weighted by molar-refractivity contribution is 0.0254. The van der Waals surface area contributed by atoms with Crippen molar-refractivity contribution in [2.45, 2.75) is 90.6 Å². The Morgan fingerprint density at radius 2 is 1.57 bits per heavy atom. The van der Waals surface area contributed by atoms with Gasteiger partial charge in [0.05, 0.1) is 6.61 Å². The van der Waals surface area contributed by atoms with Crippen LogP contribution in [-0.4, -0.2) is 24.2 Å². The topological polar surface area (TPSA) is 35.5 Å². The van der Waals surface area contributed by atoms with Crippen LogP contribution in [0.4, 0.5) is 4.79 Å². The zero-order valence-electron chi connectivity index (χ0n) is 13.9. The number of carbonyl (C=O) groups excluding carboxylic acids is 1. The highest BCUT2D eigenvalue weighted by molar-refractivity contribution is 9.09. The molecule has 0 saturated carbocycles. The molecule has 3 nitrogen and oxygen atoms in total. The molecule has 0 heterocycles. The lowest BCUT2D eigenvalue weighted by atomic mass is 10.1. The number of halogens is 1. The van der Waals surface area contributed by atoms with Gasteiger partial charge in [-0.15, -0.1) is 0 Å². The van der Waals surface area contributed by atoms with Crippen LogP contribution in [-0.2, 0) is 9.47 Å². The molecule has 0 aliphatic carbocycles. The normalized spacial score (nSPS) is 12.1. The second-order valence-corrected chi connectivity index (χ2v) is 6.48. The van der Waals surface area contributed by atoms with Gasteiger partial charge in [-0.05, 0) is 32.6 Å². The molecule has 0 aliphatic heterocycles. The monoisotopic (exact) mass is 364 g/mol. The van der Waals surface area contributed by atoms with Crippen molar-refractivity contribution in [3.63, 3.8) is 0 Å². The fraction of sp³-hybridized carbons (Fsp3) is 0.941. The fourth-order valence-corrected chi connectivity index (χ4v) is 2.57. The number of alkyl halides is 1. The third-order valence-electron chi connectivity index (χ3n) is 3.51. The van der Waals surface area contributed by atoms with Crippen molar-refractivity contribution in [1.82, 2.24) is 0 Å². The number of hydrogen-bond acceptors (Lipinski definition) is 3. The number of ether oxygens (including phenoxy) is 2. The molecule has 0 aromatic rings. The Morgan fingerprint density at radius 1 is 0.952 bits per heavy atom. The predicted molar refractivity (Wildman–Crippen MR) is 92.2 cm³/mol. The third kappa shape index (κ3) is 16.0. The van der Waals surface area contributed by atoms with Gasteiger partial charge in [0.2, 0.25) is 0 Å². The Bertz CT molecular complexity index is 234. The highest BCUT2D eigenvalue weighted by atomic mass is 79.9. The lowest BCUT2D eigenvalue weighted by Crippen LogP contribution is -2.16. The molecule has 0 radical (unpaired) electrons. The summed E-state index contributed by atoms with van der Waals surface area (Å²) in [6.45, 7) is 4.64. The van der Waals surface area contributed by atoms with E-state index in [0.29, 0.717) is 6.61 Å². The second-order valence-electron chi connectivity index (χ2n) is 5.69. The molecule has 0 N–H and O–H groups in total. The van der Waals surface area contributed by atoms with Gasteiger partial charge in [0.1, 0.15) is 6.10 Å². The first kappa shape index (κ1) is 20.8. The molecule has 1 unspecified atom stereocenters. The van der Waals surface area contributed by atoms with Crippen LogP contribution in [0, 0.1) is 0 Å². The zero-order chi connectivity index (χ0) is 15.8. The first-order valence-electron chi connectivity index (χ1n) is 8.60.